The van der Waals surface area contributed by atoms with Gasteiger partial charge in [0.05, 0.1) is 5.57 Å². The second-order valence-corrected chi connectivity index (χ2v) is 3.29. The summed E-state index contributed by atoms with van der Waals surface area (Å²) in [5.41, 5.74) is -1.49. The monoisotopic (exact) mass is 142 g/mol. The van der Waals surface area contributed by atoms with E-state index >= 15 is 0 Å². The predicted octanol–water partition coefficient (Wildman–Crippen LogP) is 2.52. The third kappa shape index (κ3) is 2.00. The van der Waals surface area contributed by atoms with Gasteiger partial charge in [0.2, 0.25) is 0 Å². The minimum Gasteiger partial charge on any atom is -0.254 e. The molecule has 0 saturated carbocycles. The molecule has 0 fully saturated rings. The lowest BCUT2D eigenvalue weighted by atomic mass is 9.66. The fraction of sp³-hybridized carbons (Fsp3) is 1.00. The Morgan fingerprint density at radius 3 is 1.90 bits per heavy atom. The Morgan fingerprint density at radius 2 is 1.80 bits per heavy atom. The maximum absolute atomic E-state index is 13.4. The van der Waals surface area contributed by atoms with Crippen molar-refractivity contribution in [2.75, 3.05) is 0 Å². The van der Waals surface area contributed by atoms with Gasteiger partial charge in [-0.3, -0.25) is 4.39 Å². The highest BCUT2D eigenvalue weighted by Gasteiger charge is 2.31. The summed E-state index contributed by atoms with van der Waals surface area (Å²) in [6, 6.07) is 0. The summed E-state index contributed by atoms with van der Waals surface area (Å²) in [4.78, 5) is 0. The Balaban J connectivity index is 4.09. The van der Waals surface area contributed by atoms with Gasteiger partial charge in [-0.1, -0.05) is 34.1 Å². The molecule has 0 aliphatic rings. The molecule has 0 aliphatic carbocycles. The second kappa shape index (κ2) is 3.40. The molecule has 0 bridgehead atoms. The molecule has 2 radical (unpaired) electrons. The molecular formula is C8H16BF. The molecular weight excluding hydrogens is 126 g/mol. The molecule has 0 saturated heterocycles. The first-order valence-corrected chi connectivity index (χ1v) is 3.90. The van der Waals surface area contributed by atoms with Crippen molar-refractivity contribution in [2.24, 2.45) is 11.8 Å². The Bertz CT molecular complexity index is 99.4. The minimum absolute atomic E-state index is 0.0486. The molecule has 0 amide bonds. The summed E-state index contributed by atoms with van der Waals surface area (Å²) >= 11 is 0. The Hall–Kier alpha value is -0.00506. The number of hydrogen-bond donors (Lipinski definition) is 0. The largest absolute Gasteiger partial charge is 0.254 e. The lowest BCUT2D eigenvalue weighted by Crippen LogP contribution is -2.37. The number of rotatable bonds is 3. The van der Waals surface area contributed by atoms with Crippen molar-refractivity contribution in [2.45, 2.75) is 39.7 Å². The van der Waals surface area contributed by atoms with Gasteiger partial charge in [0.25, 0.3) is 0 Å². The molecule has 0 aromatic rings. The SMILES string of the molecule is [B]C(F)(C(C)C)C(C)CC. The van der Waals surface area contributed by atoms with Crippen molar-refractivity contribution >= 4 is 7.85 Å². The van der Waals surface area contributed by atoms with E-state index in [-0.39, 0.29) is 11.8 Å². The Labute approximate surface area is 64.6 Å². The summed E-state index contributed by atoms with van der Waals surface area (Å²) in [7, 11) is 5.45. The highest BCUT2D eigenvalue weighted by atomic mass is 19.1. The van der Waals surface area contributed by atoms with Crippen molar-refractivity contribution < 1.29 is 4.39 Å². The van der Waals surface area contributed by atoms with E-state index in [1.54, 1.807) is 0 Å². The van der Waals surface area contributed by atoms with E-state index in [0.717, 1.165) is 6.42 Å². The average Bonchev–Trinajstić information content (AvgIpc) is 1.86. The number of alkyl halides is 1. The summed E-state index contributed by atoms with van der Waals surface area (Å²) in [5.74, 6) is -0.144. The standard InChI is InChI=1S/C8H16BF/c1-5-7(4)8(9,10)6(2)3/h6-7H,5H2,1-4H3. The first kappa shape index (κ1) is 9.99. The van der Waals surface area contributed by atoms with Crippen LogP contribution in [-0.4, -0.2) is 13.4 Å². The first-order chi connectivity index (χ1) is 4.42. The van der Waals surface area contributed by atoms with Gasteiger partial charge in [-0.05, 0) is 11.8 Å². The van der Waals surface area contributed by atoms with Gasteiger partial charge in [0.15, 0.2) is 0 Å². The quantitative estimate of drug-likeness (QED) is 0.531. The van der Waals surface area contributed by atoms with Crippen LogP contribution in [0.4, 0.5) is 4.39 Å². The second-order valence-electron chi connectivity index (χ2n) is 3.29. The normalized spacial score (nSPS) is 20.6. The van der Waals surface area contributed by atoms with Crippen LogP contribution in [-0.2, 0) is 0 Å². The molecule has 2 unspecified atom stereocenters. The van der Waals surface area contributed by atoms with Gasteiger partial charge in [-0.25, -0.2) is 0 Å². The van der Waals surface area contributed by atoms with Crippen molar-refractivity contribution in [3.05, 3.63) is 0 Å². The first-order valence-electron chi connectivity index (χ1n) is 3.90. The maximum Gasteiger partial charge on any atom is 0.122 e. The lowest BCUT2D eigenvalue weighted by molar-refractivity contribution is 0.127. The van der Waals surface area contributed by atoms with E-state index in [0.29, 0.717) is 0 Å². The van der Waals surface area contributed by atoms with E-state index in [1.165, 1.54) is 0 Å². The van der Waals surface area contributed by atoms with Gasteiger partial charge in [0.1, 0.15) is 7.85 Å². The number of halogens is 1. The lowest BCUT2D eigenvalue weighted by Gasteiger charge is -2.31. The van der Waals surface area contributed by atoms with Crippen LogP contribution < -0.4 is 0 Å². The van der Waals surface area contributed by atoms with Crippen molar-refractivity contribution in [3.8, 4) is 0 Å². The van der Waals surface area contributed by atoms with Crippen LogP contribution in [0.15, 0.2) is 0 Å². The fourth-order valence-electron chi connectivity index (χ4n) is 0.882. The van der Waals surface area contributed by atoms with Gasteiger partial charge in [-0.15, -0.1) is 0 Å². The minimum atomic E-state index is -1.49. The zero-order chi connectivity index (χ0) is 8.36. The Kier molecular flexibility index (Phi) is 3.40. The topological polar surface area (TPSA) is 0 Å². The van der Waals surface area contributed by atoms with Crippen molar-refractivity contribution in [1.29, 1.82) is 0 Å². The van der Waals surface area contributed by atoms with Crippen LogP contribution in [0, 0.1) is 11.8 Å². The van der Waals surface area contributed by atoms with E-state index in [9.17, 15) is 4.39 Å². The van der Waals surface area contributed by atoms with Gasteiger partial charge < -0.3 is 0 Å². The summed E-state index contributed by atoms with van der Waals surface area (Å²) in [5, 5.41) is 0. The molecule has 0 aromatic carbocycles. The molecule has 58 valence electrons. The van der Waals surface area contributed by atoms with Crippen molar-refractivity contribution in [3.63, 3.8) is 0 Å². The zero-order valence-corrected chi connectivity index (χ0v) is 7.32. The van der Waals surface area contributed by atoms with Crippen LogP contribution in [0.25, 0.3) is 0 Å². The van der Waals surface area contributed by atoms with E-state index in [1.807, 2.05) is 27.7 Å². The zero-order valence-electron chi connectivity index (χ0n) is 7.32. The van der Waals surface area contributed by atoms with Gasteiger partial charge >= 0.3 is 0 Å². The van der Waals surface area contributed by atoms with Gasteiger partial charge in [0, 0.05) is 0 Å². The maximum atomic E-state index is 13.4. The molecule has 0 heterocycles. The third-order valence-electron chi connectivity index (χ3n) is 2.25. The average molecular weight is 142 g/mol. The van der Waals surface area contributed by atoms with E-state index in [4.69, 9.17) is 7.85 Å². The van der Waals surface area contributed by atoms with Crippen LogP contribution in [0.1, 0.15) is 34.1 Å². The molecule has 0 rings (SSSR count). The van der Waals surface area contributed by atoms with Gasteiger partial charge in [-0.2, -0.15) is 0 Å². The molecule has 0 aromatic heterocycles. The molecule has 2 heteroatoms. The molecule has 2 atom stereocenters. The third-order valence-corrected chi connectivity index (χ3v) is 2.25. The fourth-order valence-corrected chi connectivity index (χ4v) is 0.882. The highest BCUT2D eigenvalue weighted by Crippen LogP contribution is 2.28. The van der Waals surface area contributed by atoms with E-state index < -0.39 is 5.57 Å². The molecule has 0 nitrogen and oxygen atoms in total. The van der Waals surface area contributed by atoms with Crippen LogP contribution >= 0.6 is 0 Å². The van der Waals surface area contributed by atoms with E-state index in [2.05, 4.69) is 0 Å². The number of hydrogen-bond acceptors (Lipinski definition) is 0. The smallest absolute Gasteiger partial charge is 0.122 e. The predicted molar refractivity (Wildman–Crippen MR) is 43.9 cm³/mol. The van der Waals surface area contributed by atoms with Crippen LogP contribution in [0.5, 0.6) is 0 Å². The summed E-state index contributed by atoms with van der Waals surface area (Å²) < 4.78 is 13.4. The molecule has 0 spiro atoms. The van der Waals surface area contributed by atoms with Crippen molar-refractivity contribution in [1.82, 2.24) is 0 Å². The molecule has 0 aliphatic heterocycles. The Morgan fingerprint density at radius 1 is 1.40 bits per heavy atom. The summed E-state index contributed by atoms with van der Waals surface area (Å²) in [6.45, 7) is 7.42. The van der Waals surface area contributed by atoms with Crippen LogP contribution in [0.2, 0.25) is 0 Å². The van der Waals surface area contributed by atoms with Crippen LogP contribution in [0.3, 0.4) is 0 Å². The highest BCUT2D eigenvalue weighted by molar-refractivity contribution is 6.14. The molecule has 0 N–H and O–H groups in total. The summed E-state index contributed by atoms with van der Waals surface area (Å²) in [6.07, 6.45) is 0.797. The molecule has 10 heavy (non-hydrogen) atoms.